The first-order valence-electron chi connectivity index (χ1n) is 3.84. The molecule has 1 aromatic heterocycles. The molecule has 1 amide bonds. The molecule has 0 radical (unpaired) electrons. The zero-order valence-corrected chi connectivity index (χ0v) is 7.32. The molecule has 0 saturated carbocycles. The monoisotopic (exact) mass is 185 g/mol. The van der Waals surface area contributed by atoms with Gasteiger partial charge in [0.2, 0.25) is 5.91 Å². The molecule has 0 aliphatic carbocycles. The van der Waals surface area contributed by atoms with Gasteiger partial charge in [-0.25, -0.2) is 0 Å². The van der Waals surface area contributed by atoms with Crippen molar-refractivity contribution in [3.63, 3.8) is 0 Å². The van der Waals surface area contributed by atoms with Crippen LogP contribution >= 0.6 is 0 Å². The van der Waals surface area contributed by atoms with Crippen LogP contribution in [0.1, 0.15) is 22.3 Å². The molecule has 0 atom stereocenters. The first-order chi connectivity index (χ1) is 6.74. The molecule has 0 aliphatic heterocycles. The topological polar surface area (TPSA) is 79.8 Å². The second-order valence-corrected chi connectivity index (χ2v) is 2.46. The van der Waals surface area contributed by atoms with Crippen LogP contribution in [0, 0.1) is 23.2 Å². The Morgan fingerprint density at radius 3 is 3.00 bits per heavy atom. The highest BCUT2D eigenvalue weighted by Crippen LogP contribution is 2.00. The van der Waals surface area contributed by atoms with E-state index < -0.39 is 5.91 Å². The number of nitrogens with zero attached hydrogens (tertiary/aromatic N) is 2. The fourth-order valence-corrected chi connectivity index (χ4v) is 0.829. The third kappa shape index (κ3) is 2.62. The minimum absolute atomic E-state index is 0.154. The molecule has 0 saturated heterocycles. The van der Waals surface area contributed by atoms with Gasteiger partial charge in [0.05, 0.1) is 18.1 Å². The van der Waals surface area contributed by atoms with Gasteiger partial charge in [0, 0.05) is 18.0 Å². The number of nitrogens with two attached hydrogens (primary N) is 1. The number of hydrogen-bond donors (Lipinski definition) is 1. The van der Waals surface area contributed by atoms with Gasteiger partial charge in [0.1, 0.15) is 0 Å². The number of primary amides is 1. The van der Waals surface area contributed by atoms with E-state index in [4.69, 9.17) is 11.0 Å². The molecule has 0 unspecified atom stereocenters. The summed E-state index contributed by atoms with van der Waals surface area (Å²) in [5.74, 6) is 4.77. The highest BCUT2D eigenvalue weighted by Gasteiger charge is 1.99. The summed E-state index contributed by atoms with van der Waals surface area (Å²) in [5.41, 5.74) is 5.95. The average molecular weight is 185 g/mol. The third-order valence-electron chi connectivity index (χ3n) is 1.42. The van der Waals surface area contributed by atoms with E-state index in [9.17, 15) is 4.79 Å². The second-order valence-electron chi connectivity index (χ2n) is 2.46. The number of rotatable bonds is 1. The van der Waals surface area contributed by atoms with Crippen LogP contribution in [0.5, 0.6) is 0 Å². The number of pyridine rings is 1. The molecule has 0 aromatic carbocycles. The molecule has 4 heteroatoms. The zero-order chi connectivity index (χ0) is 10.4. The van der Waals surface area contributed by atoms with Crippen LogP contribution in [0.4, 0.5) is 0 Å². The van der Waals surface area contributed by atoms with Crippen LogP contribution in [-0.4, -0.2) is 10.9 Å². The second kappa shape index (κ2) is 4.64. The van der Waals surface area contributed by atoms with Crippen LogP contribution in [0.2, 0.25) is 0 Å². The van der Waals surface area contributed by atoms with E-state index in [-0.39, 0.29) is 6.42 Å². The van der Waals surface area contributed by atoms with Crippen LogP contribution in [0.25, 0.3) is 0 Å². The largest absolute Gasteiger partial charge is 0.366 e. The maximum Gasteiger partial charge on any atom is 0.250 e. The lowest BCUT2D eigenvalue weighted by atomic mass is 10.2. The van der Waals surface area contributed by atoms with Crippen molar-refractivity contribution in [2.45, 2.75) is 6.42 Å². The van der Waals surface area contributed by atoms with E-state index in [0.717, 1.165) is 0 Å². The van der Waals surface area contributed by atoms with Crippen molar-refractivity contribution < 1.29 is 4.79 Å². The molecule has 0 spiro atoms. The zero-order valence-electron chi connectivity index (χ0n) is 7.32. The van der Waals surface area contributed by atoms with Crippen molar-refractivity contribution in [1.82, 2.24) is 4.98 Å². The highest BCUT2D eigenvalue weighted by molar-refractivity contribution is 5.92. The summed E-state index contributed by atoms with van der Waals surface area (Å²) < 4.78 is 0. The lowest BCUT2D eigenvalue weighted by Crippen LogP contribution is -2.11. The summed E-state index contributed by atoms with van der Waals surface area (Å²) in [6, 6.07) is 3.43. The molecule has 4 nitrogen and oxygen atoms in total. The number of carbonyl (C=O) groups is 1. The molecular formula is C10H7N3O. The highest BCUT2D eigenvalue weighted by atomic mass is 16.1. The minimum Gasteiger partial charge on any atom is -0.366 e. The molecule has 2 N–H and O–H groups in total. The van der Waals surface area contributed by atoms with Crippen molar-refractivity contribution >= 4 is 5.91 Å². The smallest absolute Gasteiger partial charge is 0.250 e. The third-order valence-corrected chi connectivity index (χ3v) is 1.42. The normalized spacial score (nSPS) is 8.21. The summed E-state index contributed by atoms with van der Waals surface area (Å²) in [7, 11) is 0. The van der Waals surface area contributed by atoms with E-state index in [1.54, 1.807) is 6.07 Å². The maximum absolute atomic E-state index is 10.8. The number of hydrogen-bond acceptors (Lipinski definition) is 3. The lowest BCUT2D eigenvalue weighted by Gasteiger charge is -1.93. The van der Waals surface area contributed by atoms with E-state index in [2.05, 4.69) is 16.8 Å². The molecule has 1 heterocycles. The van der Waals surface area contributed by atoms with Crippen molar-refractivity contribution in [1.29, 1.82) is 5.26 Å². The summed E-state index contributed by atoms with van der Waals surface area (Å²) in [5, 5.41) is 8.24. The van der Waals surface area contributed by atoms with Gasteiger partial charge in [-0.2, -0.15) is 5.26 Å². The predicted molar refractivity (Wildman–Crippen MR) is 49.9 cm³/mol. The van der Waals surface area contributed by atoms with Crippen molar-refractivity contribution in [3.8, 4) is 17.9 Å². The fraction of sp³-hybridized carbons (Fsp3) is 0.100. The molecule has 1 aromatic rings. The Labute approximate surface area is 81.4 Å². The van der Waals surface area contributed by atoms with Gasteiger partial charge in [0.25, 0.3) is 0 Å². The van der Waals surface area contributed by atoms with Crippen LogP contribution in [0.3, 0.4) is 0 Å². The van der Waals surface area contributed by atoms with Gasteiger partial charge in [-0.05, 0) is 6.07 Å². The number of amides is 1. The van der Waals surface area contributed by atoms with Crippen molar-refractivity contribution in [2.75, 3.05) is 0 Å². The van der Waals surface area contributed by atoms with E-state index >= 15 is 0 Å². The van der Waals surface area contributed by atoms with Crippen LogP contribution in [-0.2, 0) is 0 Å². The van der Waals surface area contributed by atoms with Gasteiger partial charge < -0.3 is 5.73 Å². The van der Waals surface area contributed by atoms with Gasteiger partial charge in [-0.3, -0.25) is 9.78 Å². The molecule has 0 fully saturated rings. The lowest BCUT2D eigenvalue weighted by molar-refractivity contribution is 0.1000. The van der Waals surface area contributed by atoms with Crippen molar-refractivity contribution in [2.24, 2.45) is 5.73 Å². The summed E-state index contributed by atoms with van der Waals surface area (Å²) in [6.45, 7) is 0. The van der Waals surface area contributed by atoms with Gasteiger partial charge in [-0.1, -0.05) is 11.8 Å². The summed E-state index contributed by atoms with van der Waals surface area (Å²) >= 11 is 0. The molecule has 68 valence electrons. The predicted octanol–water partition coefficient (Wildman–Crippen LogP) is 0.446. The van der Waals surface area contributed by atoms with E-state index in [1.165, 1.54) is 12.4 Å². The maximum atomic E-state index is 10.8. The van der Waals surface area contributed by atoms with Crippen LogP contribution < -0.4 is 5.73 Å². The van der Waals surface area contributed by atoms with E-state index in [1.807, 2.05) is 6.07 Å². The Balaban J connectivity index is 2.92. The standard InChI is InChI=1S/C10H7N3O/c11-4-2-1-3-8-5-9(10(12)14)7-13-6-8/h5-7H,2H2,(H2,12,14). The Kier molecular flexibility index (Phi) is 3.23. The first kappa shape index (κ1) is 9.76. The molecule has 0 bridgehead atoms. The van der Waals surface area contributed by atoms with E-state index in [0.29, 0.717) is 11.1 Å². The molecule has 1 rings (SSSR count). The molecule has 0 aliphatic rings. The quantitative estimate of drug-likeness (QED) is 0.645. The van der Waals surface area contributed by atoms with Gasteiger partial charge in [-0.15, -0.1) is 0 Å². The Morgan fingerprint density at radius 2 is 2.36 bits per heavy atom. The average Bonchev–Trinajstić information content (AvgIpc) is 2.19. The van der Waals surface area contributed by atoms with Gasteiger partial charge in [0.15, 0.2) is 0 Å². The van der Waals surface area contributed by atoms with Gasteiger partial charge >= 0.3 is 0 Å². The summed E-state index contributed by atoms with van der Waals surface area (Å²) in [6.07, 6.45) is 3.04. The number of aromatic nitrogens is 1. The first-order valence-corrected chi connectivity index (χ1v) is 3.84. The Morgan fingerprint density at radius 1 is 1.57 bits per heavy atom. The number of nitriles is 1. The SMILES string of the molecule is N#CCC#Cc1cncc(C(N)=O)c1. The molecular weight excluding hydrogens is 178 g/mol. The number of carbonyl (C=O) groups excluding carboxylic acids is 1. The Bertz CT molecular complexity index is 448. The summed E-state index contributed by atoms with van der Waals surface area (Å²) in [4.78, 5) is 14.6. The fourth-order valence-electron chi connectivity index (χ4n) is 0.829. The van der Waals surface area contributed by atoms with Crippen LogP contribution in [0.15, 0.2) is 18.5 Å². The van der Waals surface area contributed by atoms with Crippen molar-refractivity contribution in [3.05, 3.63) is 29.6 Å². The Hall–Kier alpha value is -2.33. The minimum atomic E-state index is -0.540. The molecule has 14 heavy (non-hydrogen) atoms.